The Balaban J connectivity index is 2.38. The molecule has 0 aliphatic rings. The lowest BCUT2D eigenvalue weighted by molar-refractivity contribution is 0.148. The molecule has 1 heterocycles. The molecule has 0 fully saturated rings. The van der Waals surface area contributed by atoms with Crippen LogP contribution in [0.15, 0.2) is 28.7 Å². The second kappa shape index (κ2) is 5.23. The van der Waals surface area contributed by atoms with Crippen molar-refractivity contribution in [2.24, 2.45) is 0 Å². The molecule has 17 heavy (non-hydrogen) atoms. The summed E-state index contributed by atoms with van der Waals surface area (Å²) < 4.78 is 11.3. The summed E-state index contributed by atoms with van der Waals surface area (Å²) in [7, 11) is 0. The van der Waals surface area contributed by atoms with Gasteiger partial charge in [-0.25, -0.2) is 0 Å². The Morgan fingerprint density at radius 3 is 2.88 bits per heavy atom. The van der Waals surface area contributed by atoms with Crippen LogP contribution < -0.4 is 4.74 Å². The molecule has 0 bridgehead atoms. The summed E-state index contributed by atoms with van der Waals surface area (Å²) in [6, 6.07) is 7.67. The van der Waals surface area contributed by atoms with Gasteiger partial charge in [0.05, 0.1) is 6.61 Å². The van der Waals surface area contributed by atoms with Crippen LogP contribution in [0.1, 0.15) is 38.6 Å². The van der Waals surface area contributed by atoms with Crippen molar-refractivity contribution in [1.82, 2.24) is 0 Å². The van der Waals surface area contributed by atoms with Crippen molar-refractivity contribution in [1.29, 1.82) is 0 Å². The summed E-state index contributed by atoms with van der Waals surface area (Å²) in [5.74, 6) is 1.36. The molecule has 1 N–H and O–H groups in total. The zero-order valence-corrected chi connectivity index (χ0v) is 10.3. The molecular weight excluding hydrogens is 216 g/mol. The second-order valence-corrected chi connectivity index (χ2v) is 4.10. The zero-order chi connectivity index (χ0) is 12.3. The number of rotatable bonds is 5. The van der Waals surface area contributed by atoms with Crippen LogP contribution >= 0.6 is 0 Å². The first-order valence-electron chi connectivity index (χ1n) is 6.09. The number of aliphatic hydroxyl groups is 1. The summed E-state index contributed by atoms with van der Waals surface area (Å²) in [4.78, 5) is 0. The lowest BCUT2D eigenvalue weighted by Gasteiger charge is -2.04. The lowest BCUT2D eigenvalue weighted by atomic mass is 10.2. The van der Waals surface area contributed by atoms with Crippen LogP contribution in [-0.2, 0) is 0 Å². The van der Waals surface area contributed by atoms with Crippen LogP contribution in [0.5, 0.6) is 5.75 Å². The molecule has 0 amide bonds. The third-order valence-corrected chi connectivity index (χ3v) is 2.70. The summed E-state index contributed by atoms with van der Waals surface area (Å²) in [5.41, 5.74) is 0.725. The van der Waals surface area contributed by atoms with Gasteiger partial charge >= 0.3 is 0 Å². The summed E-state index contributed by atoms with van der Waals surface area (Å²) in [6.45, 7) is 4.66. The van der Waals surface area contributed by atoms with E-state index in [1.807, 2.05) is 31.2 Å². The monoisotopic (exact) mass is 234 g/mol. The van der Waals surface area contributed by atoms with Gasteiger partial charge in [0.15, 0.2) is 11.3 Å². The minimum atomic E-state index is -0.540. The number of fused-ring (bicyclic) bond motifs is 1. The maximum atomic E-state index is 9.76. The van der Waals surface area contributed by atoms with Gasteiger partial charge in [-0.05, 0) is 25.0 Å². The van der Waals surface area contributed by atoms with E-state index in [4.69, 9.17) is 9.15 Å². The van der Waals surface area contributed by atoms with E-state index < -0.39 is 6.10 Å². The van der Waals surface area contributed by atoms with E-state index in [-0.39, 0.29) is 0 Å². The maximum absolute atomic E-state index is 9.76. The van der Waals surface area contributed by atoms with Crippen LogP contribution in [0.3, 0.4) is 0 Å². The molecule has 0 saturated carbocycles. The number of aliphatic hydroxyl groups excluding tert-OH is 1. The van der Waals surface area contributed by atoms with E-state index in [2.05, 4.69) is 6.92 Å². The quantitative estimate of drug-likeness (QED) is 0.858. The lowest BCUT2D eigenvalue weighted by Crippen LogP contribution is -1.94. The maximum Gasteiger partial charge on any atom is 0.176 e. The number of para-hydroxylation sites is 1. The van der Waals surface area contributed by atoms with E-state index in [0.717, 1.165) is 23.1 Å². The van der Waals surface area contributed by atoms with Gasteiger partial charge < -0.3 is 14.3 Å². The Labute approximate surface area is 101 Å². The number of hydrogen-bond acceptors (Lipinski definition) is 3. The van der Waals surface area contributed by atoms with Crippen molar-refractivity contribution >= 4 is 11.0 Å². The van der Waals surface area contributed by atoms with Gasteiger partial charge in [0.2, 0.25) is 0 Å². The molecule has 0 spiro atoms. The summed E-state index contributed by atoms with van der Waals surface area (Å²) >= 11 is 0. The molecule has 1 aromatic heterocycles. The molecule has 1 atom stereocenters. The van der Waals surface area contributed by atoms with Crippen LogP contribution in [-0.4, -0.2) is 11.7 Å². The zero-order valence-electron chi connectivity index (χ0n) is 10.3. The molecule has 0 aliphatic heterocycles. The molecule has 0 radical (unpaired) electrons. The molecule has 2 rings (SSSR count). The van der Waals surface area contributed by atoms with Gasteiger partial charge in [0, 0.05) is 5.39 Å². The van der Waals surface area contributed by atoms with Gasteiger partial charge in [0.1, 0.15) is 11.9 Å². The number of hydrogen-bond donors (Lipinski definition) is 1. The van der Waals surface area contributed by atoms with Crippen LogP contribution in [0.2, 0.25) is 0 Å². The Morgan fingerprint density at radius 1 is 1.35 bits per heavy atom. The third kappa shape index (κ3) is 2.44. The molecular formula is C14H18O3. The van der Waals surface area contributed by atoms with Crippen LogP contribution in [0, 0.1) is 0 Å². The van der Waals surface area contributed by atoms with Crippen molar-refractivity contribution < 1.29 is 14.3 Å². The van der Waals surface area contributed by atoms with Crippen molar-refractivity contribution in [3.8, 4) is 5.75 Å². The summed E-state index contributed by atoms with van der Waals surface area (Å²) in [6.07, 6.45) is 1.06. The first-order chi connectivity index (χ1) is 8.26. The number of furan rings is 1. The molecule has 1 unspecified atom stereocenters. The predicted molar refractivity (Wildman–Crippen MR) is 67.3 cm³/mol. The van der Waals surface area contributed by atoms with E-state index in [0.29, 0.717) is 18.8 Å². The highest BCUT2D eigenvalue weighted by molar-refractivity contribution is 5.83. The van der Waals surface area contributed by atoms with E-state index in [1.54, 1.807) is 0 Å². The fraction of sp³-hybridized carbons (Fsp3) is 0.429. The molecule has 0 saturated heterocycles. The standard InChI is InChI=1S/C14H18O3/c1-3-8-16-12-7-5-6-10-9-13(11(15)4-2)17-14(10)12/h5-7,9,11,15H,3-4,8H2,1-2H3. The fourth-order valence-electron chi connectivity index (χ4n) is 1.75. The highest BCUT2D eigenvalue weighted by Gasteiger charge is 2.13. The minimum absolute atomic E-state index is 0.540. The molecule has 92 valence electrons. The fourth-order valence-corrected chi connectivity index (χ4v) is 1.75. The van der Waals surface area contributed by atoms with Gasteiger partial charge in [-0.2, -0.15) is 0 Å². The van der Waals surface area contributed by atoms with Gasteiger partial charge in [-0.15, -0.1) is 0 Å². The number of benzene rings is 1. The average Bonchev–Trinajstić information content (AvgIpc) is 2.79. The van der Waals surface area contributed by atoms with Gasteiger partial charge in [-0.1, -0.05) is 26.0 Å². The van der Waals surface area contributed by atoms with Crippen molar-refractivity contribution in [2.75, 3.05) is 6.61 Å². The van der Waals surface area contributed by atoms with Crippen LogP contribution in [0.25, 0.3) is 11.0 Å². The highest BCUT2D eigenvalue weighted by atomic mass is 16.5. The minimum Gasteiger partial charge on any atom is -0.490 e. The Morgan fingerprint density at radius 2 is 2.18 bits per heavy atom. The third-order valence-electron chi connectivity index (χ3n) is 2.70. The first kappa shape index (κ1) is 12.0. The largest absolute Gasteiger partial charge is 0.490 e. The molecule has 1 aromatic carbocycles. The smallest absolute Gasteiger partial charge is 0.176 e. The van der Waals surface area contributed by atoms with E-state index in [9.17, 15) is 5.11 Å². The van der Waals surface area contributed by atoms with Crippen molar-refractivity contribution in [3.05, 3.63) is 30.0 Å². The number of ether oxygens (including phenoxy) is 1. The van der Waals surface area contributed by atoms with Crippen molar-refractivity contribution in [2.45, 2.75) is 32.8 Å². The SMILES string of the molecule is CCCOc1cccc2cc(C(O)CC)oc12. The highest BCUT2D eigenvalue weighted by Crippen LogP contribution is 2.31. The Bertz CT molecular complexity index is 487. The Kier molecular flexibility index (Phi) is 3.69. The second-order valence-electron chi connectivity index (χ2n) is 4.10. The average molecular weight is 234 g/mol. The predicted octanol–water partition coefficient (Wildman–Crippen LogP) is 3.67. The van der Waals surface area contributed by atoms with E-state index in [1.165, 1.54) is 0 Å². The molecule has 0 aliphatic carbocycles. The normalized spacial score (nSPS) is 12.9. The van der Waals surface area contributed by atoms with E-state index >= 15 is 0 Å². The molecule has 2 aromatic rings. The van der Waals surface area contributed by atoms with Crippen LogP contribution in [0.4, 0.5) is 0 Å². The Hall–Kier alpha value is -1.48. The first-order valence-corrected chi connectivity index (χ1v) is 6.09. The van der Waals surface area contributed by atoms with Gasteiger partial charge in [0.25, 0.3) is 0 Å². The summed E-state index contributed by atoms with van der Waals surface area (Å²) in [5, 5.41) is 10.7. The topological polar surface area (TPSA) is 42.6 Å². The molecule has 3 heteroatoms. The van der Waals surface area contributed by atoms with Crippen molar-refractivity contribution in [3.63, 3.8) is 0 Å². The molecule has 3 nitrogen and oxygen atoms in total. The van der Waals surface area contributed by atoms with Gasteiger partial charge in [-0.3, -0.25) is 0 Å².